The number of nitrogens with zero attached hydrogens (tertiary/aromatic N) is 3. The number of hydrogen-bond donors (Lipinski definition) is 1. The lowest BCUT2D eigenvalue weighted by Gasteiger charge is -2.32. The summed E-state index contributed by atoms with van der Waals surface area (Å²) in [6.07, 6.45) is 3.91. The molecule has 160 valence electrons. The van der Waals surface area contributed by atoms with E-state index in [1.165, 1.54) is 22.4 Å². The maximum atomic E-state index is 14.9. The number of para-hydroxylation sites is 1. The van der Waals surface area contributed by atoms with Gasteiger partial charge in [0.2, 0.25) is 5.91 Å². The average Bonchev–Trinajstić information content (AvgIpc) is 3.47. The fourth-order valence-electron chi connectivity index (χ4n) is 3.91. The number of nitrogens with one attached hydrogen (secondary N) is 1. The Labute approximate surface area is 184 Å². The number of halogens is 1. The van der Waals surface area contributed by atoms with Gasteiger partial charge in [-0.15, -0.1) is 5.10 Å². The van der Waals surface area contributed by atoms with Crippen LogP contribution in [0.4, 0.5) is 10.1 Å². The fraction of sp³-hybridized carbons (Fsp3) is 0.304. The van der Waals surface area contributed by atoms with Gasteiger partial charge in [0.15, 0.2) is 5.69 Å². The van der Waals surface area contributed by atoms with Crippen LogP contribution in [0, 0.1) is 12.7 Å². The molecule has 6 nitrogen and oxygen atoms in total. The smallest absolute Gasteiger partial charge is 0.280 e. The molecule has 2 amide bonds. The molecule has 0 radical (unpaired) electrons. The maximum Gasteiger partial charge on any atom is 0.280 e. The van der Waals surface area contributed by atoms with Gasteiger partial charge in [-0.3, -0.25) is 14.5 Å². The normalized spacial score (nSPS) is 14.9. The highest BCUT2D eigenvalue weighted by atomic mass is 32.1. The first kappa shape index (κ1) is 21.1. The van der Waals surface area contributed by atoms with Gasteiger partial charge in [0.05, 0.1) is 5.69 Å². The second-order valence-electron chi connectivity index (χ2n) is 7.72. The second kappa shape index (κ2) is 9.34. The Morgan fingerprint density at radius 3 is 2.48 bits per heavy atom. The molecule has 4 rings (SSSR count). The van der Waals surface area contributed by atoms with Crippen molar-refractivity contribution in [3.8, 4) is 0 Å². The molecule has 0 aliphatic heterocycles. The van der Waals surface area contributed by atoms with Gasteiger partial charge >= 0.3 is 0 Å². The van der Waals surface area contributed by atoms with Crippen LogP contribution in [0.2, 0.25) is 0 Å². The zero-order valence-electron chi connectivity index (χ0n) is 17.1. The van der Waals surface area contributed by atoms with Gasteiger partial charge in [0, 0.05) is 11.4 Å². The largest absolute Gasteiger partial charge is 0.351 e. The molecule has 3 aromatic rings. The SMILES string of the molecule is Cc1ccc(C(C(=O)NC2CCCC2)N(C(=O)c2csnn2)c2ccccc2F)cc1. The summed E-state index contributed by atoms with van der Waals surface area (Å²) in [7, 11) is 0. The third-order valence-electron chi connectivity index (χ3n) is 5.51. The Bertz CT molecular complexity index is 1050. The third-order valence-corrected chi connectivity index (χ3v) is 6.02. The van der Waals surface area contributed by atoms with E-state index in [0.29, 0.717) is 5.56 Å². The van der Waals surface area contributed by atoms with Crippen LogP contribution in [0.5, 0.6) is 0 Å². The molecule has 1 N–H and O–H groups in total. The Morgan fingerprint density at radius 2 is 1.84 bits per heavy atom. The van der Waals surface area contributed by atoms with E-state index in [1.807, 2.05) is 19.1 Å². The number of hydrogen-bond acceptors (Lipinski definition) is 5. The number of rotatable bonds is 6. The standard InChI is InChI=1S/C23H23FN4O2S/c1-15-10-12-16(13-11-15)21(22(29)25-17-6-2-3-7-17)28(20-9-5-4-8-18(20)24)23(30)19-14-31-27-26-19/h4-5,8-14,17,21H,2-3,6-7H2,1H3,(H,25,29). The molecule has 1 atom stereocenters. The van der Waals surface area contributed by atoms with E-state index in [2.05, 4.69) is 14.9 Å². The van der Waals surface area contributed by atoms with Crippen LogP contribution in [0.1, 0.15) is 53.3 Å². The average molecular weight is 439 g/mol. The van der Waals surface area contributed by atoms with Gasteiger partial charge in [-0.2, -0.15) is 0 Å². The van der Waals surface area contributed by atoms with Crippen molar-refractivity contribution in [1.29, 1.82) is 0 Å². The van der Waals surface area contributed by atoms with Crippen LogP contribution >= 0.6 is 11.5 Å². The van der Waals surface area contributed by atoms with Crippen molar-refractivity contribution in [1.82, 2.24) is 14.9 Å². The highest BCUT2D eigenvalue weighted by Crippen LogP contribution is 2.32. The summed E-state index contributed by atoms with van der Waals surface area (Å²) in [5.74, 6) is -1.51. The topological polar surface area (TPSA) is 75.2 Å². The minimum absolute atomic E-state index is 0.0210. The Morgan fingerprint density at radius 1 is 1.13 bits per heavy atom. The van der Waals surface area contributed by atoms with Crippen molar-refractivity contribution < 1.29 is 14.0 Å². The van der Waals surface area contributed by atoms with E-state index in [9.17, 15) is 14.0 Å². The molecule has 0 saturated heterocycles. The Kier molecular flexibility index (Phi) is 6.36. The highest BCUT2D eigenvalue weighted by Gasteiger charge is 2.36. The van der Waals surface area contributed by atoms with Crippen molar-refractivity contribution in [2.75, 3.05) is 4.90 Å². The van der Waals surface area contributed by atoms with Crippen molar-refractivity contribution >= 4 is 29.0 Å². The van der Waals surface area contributed by atoms with E-state index < -0.39 is 17.8 Å². The van der Waals surface area contributed by atoms with E-state index in [1.54, 1.807) is 24.3 Å². The van der Waals surface area contributed by atoms with Crippen molar-refractivity contribution in [3.63, 3.8) is 0 Å². The van der Waals surface area contributed by atoms with Gasteiger partial charge in [-0.1, -0.05) is 59.3 Å². The van der Waals surface area contributed by atoms with Gasteiger partial charge in [0.25, 0.3) is 5.91 Å². The summed E-state index contributed by atoms with van der Waals surface area (Å²) < 4.78 is 18.7. The molecule has 1 aliphatic carbocycles. The Balaban J connectivity index is 1.82. The monoisotopic (exact) mass is 438 g/mol. The first-order valence-electron chi connectivity index (χ1n) is 10.3. The molecular formula is C23H23FN4O2S. The quantitative estimate of drug-likeness (QED) is 0.618. The lowest BCUT2D eigenvalue weighted by Crippen LogP contribution is -2.46. The lowest BCUT2D eigenvalue weighted by molar-refractivity contribution is -0.123. The molecule has 1 fully saturated rings. The van der Waals surface area contributed by atoms with Gasteiger partial charge in [-0.05, 0) is 49.0 Å². The minimum Gasteiger partial charge on any atom is -0.351 e. The molecule has 1 heterocycles. The van der Waals surface area contributed by atoms with Gasteiger partial charge in [0.1, 0.15) is 11.9 Å². The molecule has 1 unspecified atom stereocenters. The number of anilines is 1. The molecule has 0 spiro atoms. The van der Waals surface area contributed by atoms with E-state index >= 15 is 0 Å². The van der Waals surface area contributed by atoms with Crippen molar-refractivity contribution in [3.05, 3.63) is 76.5 Å². The van der Waals surface area contributed by atoms with Crippen LogP contribution in [0.25, 0.3) is 0 Å². The fourth-order valence-corrected chi connectivity index (χ4v) is 4.34. The lowest BCUT2D eigenvalue weighted by atomic mass is 10.0. The summed E-state index contributed by atoms with van der Waals surface area (Å²) in [5.41, 5.74) is 1.71. The zero-order chi connectivity index (χ0) is 21.8. The number of aryl methyl sites for hydroxylation is 1. The summed E-state index contributed by atoms with van der Waals surface area (Å²) in [6.45, 7) is 1.94. The molecule has 1 saturated carbocycles. The summed E-state index contributed by atoms with van der Waals surface area (Å²) in [5, 5.41) is 8.44. The molecule has 2 aromatic carbocycles. The highest BCUT2D eigenvalue weighted by molar-refractivity contribution is 7.03. The third kappa shape index (κ3) is 4.64. The number of benzene rings is 2. The van der Waals surface area contributed by atoms with Crippen LogP contribution in [-0.2, 0) is 4.79 Å². The predicted molar refractivity (Wildman–Crippen MR) is 117 cm³/mol. The van der Waals surface area contributed by atoms with E-state index in [0.717, 1.165) is 42.8 Å². The zero-order valence-corrected chi connectivity index (χ0v) is 17.9. The van der Waals surface area contributed by atoms with E-state index in [4.69, 9.17) is 0 Å². The molecule has 1 aliphatic rings. The van der Waals surface area contributed by atoms with Gasteiger partial charge in [-0.25, -0.2) is 4.39 Å². The first-order valence-corrected chi connectivity index (χ1v) is 11.1. The molecule has 0 bridgehead atoms. The second-order valence-corrected chi connectivity index (χ2v) is 8.33. The molecule has 1 aromatic heterocycles. The minimum atomic E-state index is -1.05. The number of carbonyl (C=O) groups excluding carboxylic acids is 2. The first-order chi connectivity index (χ1) is 15.0. The van der Waals surface area contributed by atoms with Crippen LogP contribution in [0.3, 0.4) is 0 Å². The summed E-state index contributed by atoms with van der Waals surface area (Å²) in [4.78, 5) is 28.2. The number of amides is 2. The number of aromatic nitrogens is 2. The maximum absolute atomic E-state index is 14.9. The number of carbonyl (C=O) groups is 2. The van der Waals surface area contributed by atoms with E-state index in [-0.39, 0.29) is 23.3 Å². The van der Waals surface area contributed by atoms with Crippen LogP contribution in [-0.4, -0.2) is 27.4 Å². The van der Waals surface area contributed by atoms with Crippen LogP contribution in [0.15, 0.2) is 53.9 Å². The molecule has 8 heteroatoms. The molecular weight excluding hydrogens is 415 g/mol. The van der Waals surface area contributed by atoms with Crippen LogP contribution < -0.4 is 10.2 Å². The van der Waals surface area contributed by atoms with Gasteiger partial charge < -0.3 is 5.32 Å². The predicted octanol–water partition coefficient (Wildman–Crippen LogP) is 4.43. The Hall–Kier alpha value is -3.13. The molecule has 31 heavy (non-hydrogen) atoms. The summed E-state index contributed by atoms with van der Waals surface area (Å²) in [6, 6.07) is 12.3. The van der Waals surface area contributed by atoms with Crippen molar-refractivity contribution in [2.24, 2.45) is 0 Å². The summed E-state index contributed by atoms with van der Waals surface area (Å²) >= 11 is 1.03. The van der Waals surface area contributed by atoms with Crippen molar-refractivity contribution in [2.45, 2.75) is 44.7 Å².